The number of nitrogens with one attached hydrogen (secondary N) is 1. The topological polar surface area (TPSA) is 90.4 Å². The highest BCUT2D eigenvalue weighted by atomic mass is 35.5. The van der Waals surface area contributed by atoms with Crippen LogP contribution in [0.25, 0.3) is 0 Å². The van der Waals surface area contributed by atoms with Crippen molar-refractivity contribution in [2.45, 2.75) is 10.9 Å². The van der Waals surface area contributed by atoms with E-state index in [-0.39, 0.29) is 0 Å². The first kappa shape index (κ1) is 18.1. The van der Waals surface area contributed by atoms with Gasteiger partial charge in [-0.05, 0) is 23.8 Å². The molecule has 0 unspecified atom stereocenters. The Kier molecular flexibility index (Phi) is 5.98. The van der Waals surface area contributed by atoms with Crippen LogP contribution in [0.3, 0.4) is 0 Å². The van der Waals surface area contributed by atoms with Gasteiger partial charge < -0.3 is 10.6 Å². The molecule has 0 atom stereocenters. The number of benzene rings is 2. The van der Waals surface area contributed by atoms with Crippen molar-refractivity contribution in [3.05, 3.63) is 64.7 Å². The van der Waals surface area contributed by atoms with Gasteiger partial charge in [0.2, 0.25) is 5.16 Å². The SMILES string of the molecule is COc1ccc(CSc2nnc(N/N=C/c3ccccc3Cl)n2N)cc1. The second-order valence-electron chi connectivity index (χ2n) is 5.20. The third-order valence-corrected chi connectivity index (χ3v) is 4.82. The number of methoxy groups -OCH3 is 1. The van der Waals surface area contributed by atoms with E-state index in [4.69, 9.17) is 22.2 Å². The van der Waals surface area contributed by atoms with Gasteiger partial charge in [0.05, 0.1) is 13.3 Å². The van der Waals surface area contributed by atoms with Crippen LogP contribution in [-0.2, 0) is 5.75 Å². The summed E-state index contributed by atoms with van der Waals surface area (Å²) in [6, 6.07) is 15.2. The van der Waals surface area contributed by atoms with E-state index in [1.54, 1.807) is 19.4 Å². The first-order valence-corrected chi connectivity index (χ1v) is 9.03. The number of anilines is 1. The largest absolute Gasteiger partial charge is 0.497 e. The Morgan fingerprint density at radius 1 is 1.23 bits per heavy atom. The lowest BCUT2D eigenvalue weighted by Gasteiger charge is -2.04. The summed E-state index contributed by atoms with van der Waals surface area (Å²) < 4.78 is 6.51. The van der Waals surface area contributed by atoms with Gasteiger partial charge in [0.15, 0.2) is 0 Å². The minimum Gasteiger partial charge on any atom is -0.497 e. The fourth-order valence-corrected chi connectivity index (χ4v) is 3.06. The van der Waals surface area contributed by atoms with Crippen LogP contribution in [0.15, 0.2) is 58.8 Å². The molecule has 0 aliphatic heterocycles. The predicted octanol–water partition coefficient (Wildman–Crippen LogP) is 3.39. The molecule has 0 spiro atoms. The summed E-state index contributed by atoms with van der Waals surface area (Å²) in [6.07, 6.45) is 1.60. The summed E-state index contributed by atoms with van der Waals surface area (Å²) >= 11 is 7.55. The summed E-state index contributed by atoms with van der Waals surface area (Å²) in [7, 11) is 1.64. The van der Waals surface area contributed by atoms with Crippen LogP contribution in [0.5, 0.6) is 5.75 Å². The number of halogens is 1. The normalized spacial score (nSPS) is 11.0. The smallest absolute Gasteiger partial charge is 0.264 e. The Morgan fingerprint density at radius 3 is 2.73 bits per heavy atom. The Balaban J connectivity index is 1.59. The van der Waals surface area contributed by atoms with Gasteiger partial charge in [-0.25, -0.2) is 10.1 Å². The number of nitrogens with zero attached hydrogens (tertiary/aromatic N) is 4. The first-order valence-electron chi connectivity index (χ1n) is 7.67. The zero-order valence-electron chi connectivity index (χ0n) is 14.0. The molecule has 9 heteroatoms. The summed E-state index contributed by atoms with van der Waals surface area (Å²) in [5, 5.41) is 13.4. The minimum atomic E-state index is 0.338. The van der Waals surface area contributed by atoms with E-state index in [9.17, 15) is 0 Å². The molecule has 0 saturated heterocycles. The molecule has 1 heterocycles. The molecule has 1 aromatic heterocycles. The average molecular weight is 389 g/mol. The van der Waals surface area contributed by atoms with Crippen LogP contribution >= 0.6 is 23.4 Å². The predicted molar refractivity (Wildman–Crippen MR) is 105 cm³/mol. The van der Waals surface area contributed by atoms with Gasteiger partial charge in [-0.2, -0.15) is 5.10 Å². The molecular formula is C17H17ClN6OS. The fraction of sp³-hybridized carbons (Fsp3) is 0.118. The molecule has 3 N–H and O–H groups in total. The molecular weight excluding hydrogens is 372 g/mol. The lowest BCUT2D eigenvalue weighted by Crippen LogP contribution is -2.13. The maximum atomic E-state index is 6.07. The number of hydrogen-bond acceptors (Lipinski definition) is 7. The van der Waals surface area contributed by atoms with E-state index in [0.29, 0.717) is 21.9 Å². The van der Waals surface area contributed by atoms with Crippen molar-refractivity contribution < 1.29 is 4.74 Å². The minimum absolute atomic E-state index is 0.338. The molecule has 0 aliphatic carbocycles. The lowest BCUT2D eigenvalue weighted by atomic mass is 10.2. The van der Waals surface area contributed by atoms with Crippen LogP contribution in [0.2, 0.25) is 5.02 Å². The Labute approximate surface area is 160 Å². The molecule has 134 valence electrons. The number of thioether (sulfide) groups is 1. The second-order valence-corrected chi connectivity index (χ2v) is 6.55. The molecule has 3 aromatic rings. The van der Waals surface area contributed by atoms with Crippen LogP contribution in [0.4, 0.5) is 5.95 Å². The molecule has 0 amide bonds. The van der Waals surface area contributed by atoms with Gasteiger partial charge in [0.25, 0.3) is 5.95 Å². The highest BCUT2D eigenvalue weighted by molar-refractivity contribution is 7.98. The zero-order valence-corrected chi connectivity index (χ0v) is 15.5. The molecule has 0 saturated carbocycles. The van der Waals surface area contributed by atoms with Gasteiger partial charge in [-0.1, -0.05) is 53.7 Å². The summed E-state index contributed by atoms with van der Waals surface area (Å²) in [6.45, 7) is 0. The van der Waals surface area contributed by atoms with Crippen molar-refractivity contribution in [2.24, 2.45) is 5.10 Å². The highest BCUT2D eigenvalue weighted by Crippen LogP contribution is 2.23. The Morgan fingerprint density at radius 2 is 2.00 bits per heavy atom. The van der Waals surface area contributed by atoms with Crippen molar-refractivity contribution >= 4 is 35.5 Å². The van der Waals surface area contributed by atoms with Crippen molar-refractivity contribution in [3.63, 3.8) is 0 Å². The quantitative estimate of drug-likeness (QED) is 0.279. The lowest BCUT2D eigenvalue weighted by molar-refractivity contribution is 0.414. The average Bonchev–Trinajstić information content (AvgIpc) is 3.02. The number of rotatable bonds is 7. The molecule has 0 fully saturated rings. The zero-order chi connectivity index (χ0) is 18.4. The monoisotopic (exact) mass is 388 g/mol. The number of ether oxygens (including phenoxy) is 1. The summed E-state index contributed by atoms with van der Waals surface area (Å²) in [5.41, 5.74) is 4.69. The summed E-state index contributed by atoms with van der Waals surface area (Å²) in [5.74, 6) is 7.88. The maximum Gasteiger partial charge on any atom is 0.264 e. The molecule has 7 nitrogen and oxygen atoms in total. The van der Waals surface area contributed by atoms with E-state index in [1.165, 1.54) is 16.4 Å². The van der Waals surface area contributed by atoms with Crippen LogP contribution < -0.4 is 16.0 Å². The molecule has 3 rings (SSSR count). The number of nitrogen functional groups attached to an aromatic ring is 1. The summed E-state index contributed by atoms with van der Waals surface area (Å²) in [4.78, 5) is 0. The van der Waals surface area contributed by atoms with Crippen molar-refractivity contribution in [3.8, 4) is 5.75 Å². The Hall–Kier alpha value is -2.71. The van der Waals surface area contributed by atoms with Crippen molar-refractivity contribution in [1.82, 2.24) is 14.9 Å². The van der Waals surface area contributed by atoms with Crippen LogP contribution in [0.1, 0.15) is 11.1 Å². The number of aromatic nitrogens is 3. The van der Waals surface area contributed by atoms with Gasteiger partial charge in [0, 0.05) is 16.3 Å². The van der Waals surface area contributed by atoms with E-state index < -0.39 is 0 Å². The molecule has 26 heavy (non-hydrogen) atoms. The molecule has 0 bridgehead atoms. The highest BCUT2D eigenvalue weighted by Gasteiger charge is 2.09. The molecule has 2 aromatic carbocycles. The first-order chi connectivity index (χ1) is 12.7. The number of hydrazone groups is 1. The van der Waals surface area contributed by atoms with Crippen molar-refractivity contribution in [1.29, 1.82) is 0 Å². The van der Waals surface area contributed by atoms with Gasteiger partial charge in [-0.3, -0.25) is 0 Å². The third-order valence-electron chi connectivity index (χ3n) is 3.46. The number of nitrogens with two attached hydrogens (primary N) is 1. The van der Waals surface area contributed by atoms with Gasteiger partial charge in [0.1, 0.15) is 5.75 Å². The van der Waals surface area contributed by atoms with Gasteiger partial charge in [-0.15, -0.1) is 10.2 Å². The van der Waals surface area contributed by atoms with Crippen molar-refractivity contribution in [2.75, 3.05) is 18.4 Å². The maximum absolute atomic E-state index is 6.07. The fourth-order valence-electron chi connectivity index (χ4n) is 2.06. The van der Waals surface area contributed by atoms with E-state index in [0.717, 1.165) is 16.9 Å². The van der Waals surface area contributed by atoms with Crippen LogP contribution in [-0.4, -0.2) is 28.2 Å². The van der Waals surface area contributed by atoms with E-state index in [1.807, 2.05) is 42.5 Å². The number of hydrogen-bond donors (Lipinski definition) is 2. The second kappa shape index (κ2) is 8.59. The third kappa shape index (κ3) is 4.47. The standard InChI is InChI=1S/C17H17ClN6OS/c1-25-14-8-6-12(7-9-14)11-26-17-23-22-16(24(17)19)21-20-10-13-4-2-3-5-15(13)18/h2-10H,11,19H2,1H3,(H,21,22)/b20-10+. The van der Waals surface area contributed by atoms with Gasteiger partial charge >= 0.3 is 0 Å². The van der Waals surface area contributed by atoms with Crippen LogP contribution in [0, 0.1) is 0 Å². The molecule has 0 radical (unpaired) electrons. The van der Waals surface area contributed by atoms with E-state index in [2.05, 4.69) is 20.7 Å². The Bertz CT molecular complexity index is 897. The molecule has 0 aliphatic rings. The van der Waals surface area contributed by atoms with E-state index >= 15 is 0 Å².